The maximum atomic E-state index is 13.1. The molecule has 0 radical (unpaired) electrons. The zero-order valence-electron chi connectivity index (χ0n) is 21.7. The SMILES string of the molecule is NCCCC[C@H](NC(=O)[C@H](CCCN=C(N)N)NC(=O)[C@@H](N)CO)C(=O)N[C@@H](Cc1ccc(O)cc1)C(=O)O. The van der Waals surface area contributed by atoms with Crippen molar-refractivity contribution >= 4 is 29.7 Å². The number of aromatic hydroxyl groups is 1. The van der Waals surface area contributed by atoms with Crippen LogP contribution in [0.25, 0.3) is 0 Å². The fourth-order valence-electron chi connectivity index (χ4n) is 3.51. The highest BCUT2D eigenvalue weighted by molar-refractivity contribution is 5.94. The van der Waals surface area contributed by atoms with E-state index in [1.165, 1.54) is 24.3 Å². The van der Waals surface area contributed by atoms with Crippen LogP contribution in [-0.2, 0) is 25.6 Å². The first-order chi connectivity index (χ1) is 18.5. The Balaban J connectivity index is 3.04. The summed E-state index contributed by atoms with van der Waals surface area (Å²) in [7, 11) is 0. The van der Waals surface area contributed by atoms with Crippen molar-refractivity contribution in [3.8, 4) is 5.75 Å². The van der Waals surface area contributed by atoms with Crippen molar-refractivity contribution in [2.24, 2.45) is 27.9 Å². The average Bonchev–Trinajstić information content (AvgIpc) is 2.89. The Hall–Kier alpha value is -3.95. The molecular weight excluding hydrogens is 512 g/mol. The van der Waals surface area contributed by atoms with Gasteiger partial charge in [-0.05, 0) is 56.3 Å². The number of nitrogens with zero attached hydrogens (tertiary/aromatic N) is 1. The fourth-order valence-corrected chi connectivity index (χ4v) is 3.51. The van der Waals surface area contributed by atoms with Gasteiger partial charge in [0.1, 0.15) is 29.9 Å². The van der Waals surface area contributed by atoms with Crippen LogP contribution >= 0.6 is 0 Å². The average molecular weight is 553 g/mol. The predicted molar refractivity (Wildman–Crippen MR) is 143 cm³/mol. The minimum atomic E-state index is -1.31. The molecule has 218 valence electrons. The molecule has 0 aliphatic heterocycles. The molecule has 15 nitrogen and oxygen atoms in total. The molecular formula is C24H40N8O7. The fraction of sp³-hybridized carbons (Fsp3) is 0.542. The number of carbonyl (C=O) groups excluding carboxylic acids is 3. The lowest BCUT2D eigenvalue weighted by molar-refractivity contribution is -0.142. The van der Waals surface area contributed by atoms with Crippen molar-refractivity contribution in [1.82, 2.24) is 16.0 Å². The van der Waals surface area contributed by atoms with Gasteiger partial charge >= 0.3 is 5.97 Å². The molecule has 39 heavy (non-hydrogen) atoms. The van der Waals surface area contributed by atoms with Gasteiger partial charge in [-0.1, -0.05) is 12.1 Å². The number of benzene rings is 1. The van der Waals surface area contributed by atoms with Gasteiger partial charge in [-0.3, -0.25) is 19.4 Å². The molecule has 0 aliphatic carbocycles. The lowest BCUT2D eigenvalue weighted by atomic mass is 10.0. The van der Waals surface area contributed by atoms with E-state index >= 15 is 0 Å². The number of hydrogen-bond acceptors (Lipinski definition) is 9. The Morgan fingerprint density at radius 2 is 1.38 bits per heavy atom. The van der Waals surface area contributed by atoms with E-state index in [2.05, 4.69) is 20.9 Å². The monoisotopic (exact) mass is 552 g/mol. The van der Waals surface area contributed by atoms with E-state index in [4.69, 9.17) is 28.0 Å². The number of aliphatic carboxylic acids is 1. The number of phenols is 1. The van der Waals surface area contributed by atoms with E-state index in [9.17, 15) is 29.4 Å². The molecule has 14 N–H and O–H groups in total. The molecule has 0 unspecified atom stereocenters. The third kappa shape index (κ3) is 12.9. The van der Waals surface area contributed by atoms with Crippen LogP contribution in [0.4, 0.5) is 0 Å². The number of carboxylic acids is 1. The van der Waals surface area contributed by atoms with Gasteiger partial charge in [0, 0.05) is 13.0 Å². The van der Waals surface area contributed by atoms with Gasteiger partial charge in [0.25, 0.3) is 0 Å². The molecule has 0 aliphatic rings. The summed E-state index contributed by atoms with van der Waals surface area (Å²) in [5.74, 6) is -3.63. The molecule has 0 heterocycles. The highest BCUT2D eigenvalue weighted by atomic mass is 16.4. The number of aliphatic imine (C=N–C) groups is 1. The lowest BCUT2D eigenvalue weighted by Crippen LogP contribution is -2.57. The number of guanidine groups is 1. The number of amides is 3. The number of rotatable bonds is 18. The van der Waals surface area contributed by atoms with Crippen LogP contribution in [0, 0.1) is 0 Å². The molecule has 15 heteroatoms. The van der Waals surface area contributed by atoms with E-state index in [-0.39, 0.29) is 37.5 Å². The van der Waals surface area contributed by atoms with E-state index in [1.807, 2.05) is 0 Å². The van der Waals surface area contributed by atoms with Crippen LogP contribution in [0.15, 0.2) is 29.3 Å². The lowest BCUT2D eigenvalue weighted by Gasteiger charge is -2.25. The van der Waals surface area contributed by atoms with Crippen LogP contribution in [0.2, 0.25) is 0 Å². The smallest absolute Gasteiger partial charge is 0.326 e. The molecule has 0 saturated heterocycles. The summed E-state index contributed by atoms with van der Waals surface area (Å²) in [6.45, 7) is -0.120. The number of unbranched alkanes of at least 4 members (excludes halogenated alkanes) is 1. The summed E-state index contributed by atoms with van der Waals surface area (Å²) >= 11 is 0. The van der Waals surface area contributed by atoms with Gasteiger partial charge in [0.2, 0.25) is 17.7 Å². The number of carbonyl (C=O) groups is 4. The maximum Gasteiger partial charge on any atom is 0.326 e. The summed E-state index contributed by atoms with van der Waals surface area (Å²) < 4.78 is 0. The molecule has 1 aromatic carbocycles. The van der Waals surface area contributed by atoms with Gasteiger partial charge in [-0.25, -0.2) is 4.79 Å². The quantitative estimate of drug-likeness (QED) is 0.0496. The van der Waals surface area contributed by atoms with Crippen molar-refractivity contribution in [1.29, 1.82) is 0 Å². The molecule has 0 saturated carbocycles. The van der Waals surface area contributed by atoms with Crippen molar-refractivity contribution in [2.75, 3.05) is 19.7 Å². The topological polar surface area (TPSA) is 282 Å². The number of nitrogens with two attached hydrogens (primary N) is 4. The zero-order chi connectivity index (χ0) is 29.4. The third-order valence-corrected chi connectivity index (χ3v) is 5.68. The molecule has 0 bridgehead atoms. The summed E-state index contributed by atoms with van der Waals surface area (Å²) in [5.41, 5.74) is 22.3. The minimum Gasteiger partial charge on any atom is -0.508 e. The summed E-state index contributed by atoms with van der Waals surface area (Å²) in [5, 5.41) is 35.8. The zero-order valence-corrected chi connectivity index (χ0v) is 21.7. The van der Waals surface area contributed by atoms with Crippen molar-refractivity contribution < 1.29 is 34.5 Å². The third-order valence-electron chi connectivity index (χ3n) is 5.68. The molecule has 0 fully saturated rings. The Labute approximate surface area is 226 Å². The van der Waals surface area contributed by atoms with Crippen molar-refractivity contribution in [3.05, 3.63) is 29.8 Å². The van der Waals surface area contributed by atoms with E-state index in [0.29, 0.717) is 31.4 Å². The minimum absolute atomic E-state index is 0.0113. The molecule has 1 rings (SSSR count). The van der Waals surface area contributed by atoms with Crippen LogP contribution in [-0.4, -0.2) is 88.8 Å². The molecule has 0 aromatic heterocycles. The Morgan fingerprint density at radius 3 is 1.90 bits per heavy atom. The Morgan fingerprint density at radius 1 is 0.846 bits per heavy atom. The standard InChI is InChI=1S/C24H40N8O7/c25-10-2-1-4-17(22(37)32-19(23(38)39)12-14-6-8-15(34)9-7-14)31-21(36)18(5-3-11-29-24(27)28)30-20(35)16(26)13-33/h6-9,16-19,33-34H,1-5,10-13,25-26H2,(H,30,35)(H,31,36)(H,32,37)(H,38,39)(H4,27,28,29)/t16-,17-,18-,19-/m0/s1. The van der Waals surface area contributed by atoms with Gasteiger partial charge in [-0.2, -0.15) is 0 Å². The van der Waals surface area contributed by atoms with Crippen LogP contribution in [0.5, 0.6) is 5.75 Å². The number of hydrogen-bond donors (Lipinski definition) is 10. The van der Waals surface area contributed by atoms with Crippen molar-refractivity contribution in [2.45, 2.75) is 62.7 Å². The first-order valence-corrected chi connectivity index (χ1v) is 12.5. The summed E-state index contributed by atoms with van der Waals surface area (Å²) in [6.07, 6.45) is 1.49. The second-order valence-corrected chi connectivity index (χ2v) is 8.91. The number of phenolic OH excluding ortho intramolecular Hbond substituents is 1. The predicted octanol–water partition coefficient (Wildman–Crippen LogP) is -3.02. The summed E-state index contributed by atoms with van der Waals surface area (Å²) in [6, 6.07) is 1.02. The van der Waals surface area contributed by atoms with Gasteiger partial charge < -0.3 is 54.2 Å². The highest BCUT2D eigenvalue weighted by Crippen LogP contribution is 2.12. The van der Waals surface area contributed by atoms with Gasteiger partial charge in [0.15, 0.2) is 5.96 Å². The largest absolute Gasteiger partial charge is 0.508 e. The number of aliphatic hydroxyl groups is 1. The Bertz CT molecular complexity index is 970. The van der Waals surface area contributed by atoms with Crippen LogP contribution < -0.4 is 38.9 Å². The van der Waals surface area contributed by atoms with Crippen LogP contribution in [0.3, 0.4) is 0 Å². The highest BCUT2D eigenvalue weighted by Gasteiger charge is 2.30. The maximum absolute atomic E-state index is 13.1. The summed E-state index contributed by atoms with van der Waals surface area (Å²) in [4.78, 5) is 54.2. The number of aliphatic hydroxyl groups excluding tert-OH is 1. The Kier molecular flexibility index (Phi) is 14.9. The number of carboxylic acid groups (broad SMARTS) is 1. The van der Waals surface area contributed by atoms with Gasteiger partial charge in [0.05, 0.1) is 6.61 Å². The van der Waals surface area contributed by atoms with E-state index < -0.39 is 54.5 Å². The van der Waals surface area contributed by atoms with Gasteiger partial charge in [-0.15, -0.1) is 0 Å². The first kappa shape index (κ1) is 33.1. The second kappa shape index (κ2) is 17.5. The molecule has 1 aromatic rings. The second-order valence-electron chi connectivity index (χ2n) is 8.91. The molecule has 3 amide bonds. The van der Waals surface area contributed by atoms with E-state index in [0.717, 1.165) is 0 Å². The molecule has 0 spiro atoms. The molecule has 4 atom stereocenters. The van der Waals surface area contributed by atoms with Crippen molar-refractivity contribution in [3.63, 3.8) is 0 Å². The normalized spacial score (nSPS) is 13.8. The number of nitrogens with one attached hydrogen (secondary N) is 3. The first-order valence-electron chi connectivity index (χ1n) is 12.5. The van der Waals surface area contributed by atoms with Crippen LogP contribution in [0.1, 0.15) is 37.7 Å². The van der Waals surface area contributed by atoms with E-state index in [1.54, 1.807) is 0 Å².